The molecule has 3 aromatic rings. The summed E-state index contributed by atoms with van der Waals surface area (Å²) in [5.41, 5.74) is 2.97. The predicted octanol–water partition coefficient (Wildman–Crippen LogP) is 2.01. The molecular formula is C20H21N5O4. The quantitative estimate of drug-likeness (QED) is 0.705. The Balaban J connectivity index is 1.76. The monoisotopic (exact) mass is 395 g/mol. The fourth-order valence-electron chi connectivity index (χ4n) is 3.48. The van der Waals surface area contributed by atoms with Crippen molar-refractivity contribution in [3.8, 4) is 17.6 Å². The maximum Gasteiger partial charge on any atom is 0.320 e. The Hall–Kier alpha value is -3.62. The molecule has 0 spiro atoms. The van der Waals surface area contributed by atoms with Crippen LogP contribution in [-0.4, -0.2) is 58.6 Å². The second-order valence-electron chi connectivity index (χ2n) is 6.47. The molecule has 1 amide bonds. The van der Waals surface area contributed by atoms with Gasteiger partial charge in [0.25, 0.3) is 5.91 Å². The van der Waals surface area contributed by atoms with E-state index in [1.54, 1.807) is 18.3 Å². The molecule has 2 aromatic heterocycles. The molecule has 3 heterocycles. The average molecular weight is 395 g/mol. The van der Waals surface area contributed by atoms with Crippen molar-refractivity contribution in [2.45, 2.75) is 12.5 Å². The van der Waals surface area contributed by atoms with Crippen molar-refractivity contribution in [1.82, 2.24) is 24.8 Å². The molecule has 0 aliphatic carbocycles. The van der Waals surface area contributed by atoms with Gasteiger partial charge in [-0.3, -0.25) is 4.79 Å². The lowest BCUT2D eigenvalue weighted by molar-refractivity contribution is 0.0682. The van der Waals surface area contributed by atoms with Crippen LogP contribution in [0.25, 0.3) is 0 Å². The largest absolute Gasteiger partial charge is 0.497 e. The Morgan fingerprint density at radius 1 is 1.10 bits per heavy atom. The number of aromatic amines is 1. The Bertz CT molecular complexity index is 996. The van der Waals surface area contributed by atoms with E-state index in [4.69, 9.17) is 14.2 Å². The lowest BCUT2D eigenvalue weighted by atomic mass is 9.95. The molecule has 0 saturated carbocycles. The Morgan fingerprint density at radius 2 is 1.90 bits per heavy atom. The van der Waals surface area contributed by atoms with Gasteiger partial charge in [0.15, 0.2) is 0 Å². The van der Waals surface area contributed by atoms with Gasteiger partial charge in [-0.1, -0.05) is 12.1 Å². The number of aromatic nitrogens is 4. The third-order valence-corrected chi connectivity index (χ3v) is 4.91. The number of H-pyrrole nitrogens is 1. The number of rotatable bonds is 5. The molecule has 1 N–H and O–H groups in total. The van der Waals surface area contributed by atoms with E-state index in [-0.39, 0.29) is 29.5 Å². The fraction of sp³-hybridized carbons (Fsp3) is 0.300. The van der Waals surface area contributed by atoms with Gasteiger partial charge in [-0.2, -0.15) is 9.97 Å². The van der Waals surface area contributed by atoms with Gasteiger partial charge in [-0.25, -0.2) is 4.98 Å². The maximum absolute atomic E-state index is 13.4. The number of hydrogen-bond donors (Lipinski definition) is 1. The van der Waals surface area contributed by atoms with E-state index >= 15 is 0 Å². The van der Waals surface area contributed by atoms with Crippen LogP contribution in [-0.2, 0) is 6.42 Å². The van der Waals surface area contributed by atoms with Crippen molar-refractivity contribution in [3.05, 3.63) is 59.3 Å². The summed E-state index contributed by atoms with van der Waals surface area (Å²) in [5, 5.41) is 0. The number of nitrogens with zero attached hydrogens (tertiary/aromatic N) is 4. The number of methoxy groups -OCH3 is 3. The van der Waals surface area contributed by atoms with Crippen LogP contribution in [0, 0.1) is 0 Å². The maximum atomic E-state index is 13.4. The number of nitrogens with one attached hydrogen (secondary N) is 1. The smallest absolute Gasteiger partial charge is 0.320 e. The van der Waals surface area contributed by atoms with Crippen LogP contribution in [0.4, 0.5) is 0 Å². The van der Waals surface area contributed by atoms with E-state index in [0.717, 1.165) is 22.7 Å². The normalized spacial score (nSPS) is 15.6. The third kappa shape index (κ3) is 3.46. The standard InChI is InChI=1S/C20H21N5O4/c1-27-13-6-4-12(5-7-13)18-17-14(21-11-22-17)8-9-25(18)19(26)15-10-16(28-2)24-20(23-15)29-3/h4-7,10-11,18H,8-9H2,1-3H3,(H,21,22)/t18-/m1/s1. The third-order valence-electron chi connectivity index (χ3n) is 4.91. The average Bonchev–Trinajstić information content (AvgIpc) is 3.26. The molecule has 0 radical (unpaired) electrons. The Kier molecular flexibility index (Phi) is 5.03. The molecular weight excluding hydrogens is 374 g/mol. The van der Waals surface area contributed by atoms with Gasteiger partial charge >= 0.3 is 6.01 Å². The van der Waals surface area contributed by atoms with E-state index < -0.39 is 0 Å². The van der Waals surface area contributed by atoms with Crippen LogP contribution in [0.3, 0.4) is 0 Å². The number of amides is 1. The molecule has 0 bridgehead atoms. The van der Waals surface area contributed by atoms with Crippen molar-refractivity contribution in [2.24, 2.45) is 0 Å². The SMILES string of the molecule is COc1ccc([C@@H]2c3nc[nH]c3CCN2C(=O)c2cc(OC)nc(OC)n2)cc1. The zero-order chi connectivity index (χ0) is 20.4. The first-order chi connectivity index (χ1) is 14.1. The Morgan fingerprint density at radius 3 is 2.59 bits per heavy atom. The van der Waals surface area contributed by atoms with Crippen LogP contribution in [0.5, 0.6) is 17.6 Å². The van der Waals surface area contributed by atoms with E-state index in [0.29, 0.717) is 13.0 Å². The summed E-state index contributed by atoms with van der Waals surface area (Å²) >= 11 is 0. The number of benzene rings is 1. The molecule has 150 valence electrons. The van der Waals surface area contributed by atoms with Gasteiger partial charge in [-0.15, -0.1) is 0 Å². The fourth-order valence-corrected chi connectivity index (χ4v) is 3.48. The van der Waals surface area contributed by atoms with Crippen LogP contribution < -0.4 is 14.2 Å². The second-order valence-corrected chi connectivity index (χ2v) is 6.47. The zero-order valence-corrected chi connectivity index (χ0v) is 16.4. The molecule has 0 unspecified atom stereocenters. The van der Waals surface area contributed by atoms with E-state index in [9.17, 15) is 4.79 Å². The molecule has 1 aromatic carbocycles. The topological polar surface area (TPSA) is 102 Å². The number of ether oxygens (including phenoxy) is 3. The predicted molar refractivity (Wildman–Crippen MR) is 103 cm³/mol. The number of hydrogen-bond acceptors (Lipinski definition) is 7. The van der Waals surface area contributed by atoms with Crippen LogP contribution in [0.15, 0.2) is 36.7 Å². The van der Waals surface area contributed by atoms with Crippen LogP contribution in [0.1, 0.15) is 33.5 Å². The summed E-state index contributed by atoms with van der Waals surface area (Å²) < 4.78 is 15.6. The molecule has 0 fully saturated rings. The summed E-state index contributed by atoms with van der Waals surface area (Å²) in [6.07, 6.45) is 2.33. The van der Waals surface area contributed by atoms with Gasteiger partial charge < -0.3 is 24.1 Å². The molecule has 4 rings (SSSR count). The summed E-state index contributed by atoms with van der Waals surface area (Å²) in [7, 11) is 4.54. The molecule has 0 saturated heterocycles. The minimum atomic E-state index is -0.352. The van der Waals surface area contributed by atoms with E-state index in [2.05, 4.69) is 19.9 Å². The van der Waals surface area contributed by atoms with Crippen molar-refractivity contribution in [2.75, 3.05) is 27.9 Å². The van der Waals surface area contributed by atoms with E-state index in [1.165, 1.54) is 20.3 Å². The number of carbonyl (C=O) groups excluding carboxylic acids is 1. The minimum absolute atomic E-state index is 0.0752. The first-order valence-electron chi connectivity index (χ1n) is 9.08. The second kappa shape index (κ2) is 7.78. The van der Waals surface area contributed by atoms with Gasteiger partial charge in [0.05, 0.1) is 33.4 Å². The zero-order valence-electron chi connectivity index (χ0n) is 16.4. The molecule has 9 heteroatoms. The summed E-state index contributed by atoms with van der Waals surface area (Å²) in [6.45, 7) is 0.513. The summed E-state index contributed by atoms with van der Waals surface area (Å²) in [5.74, 6) is 0.757. The van der Waals surface area contributed by atoms with Gasteiger partial charge in [-0.05, 0) is 17.7 Å². The van der Waals surface area contributed by atoms with Crippen molar-refractivity contribution < 1.29 is 19.0 Å². The lowest BCUT2D eigenvalue weighted by Gasteiger charge is -2.35. The Labute approximate surface area is 167 Å². The van der Waals surface area contributed by atoms with Crippen molar-refractivity contribution in [1.29, 1.82) is 0 Å². The highest BCUT2D eigenvalue weighted by molar-refractivity contribution is 5.93. The lowest BCUT2D eigenvalue weighted by Crippen LogP contribution is -2.41. The molecule has 1 aliphatic rings. The van der Waals surface area contributed by atoms with Crippen molar-refractivity contribution >= 4 is 5.91 Å². The minimum Gasteiger partial charge on any atom is -0.497 e. The van der Waals surface area contributed by atoms with E-state index in [1.807, 2.05) is 24.3 Å². The highest BCUT2D eigenvalue weighted by Gasteiger charge is 2.35. The first-order valence-corrected chi connectivity index (χ1v) is 9.08. The molecule has 1 atom stereocenters. The number of imidazole rings is 1. The summed E-state index contributed by atoms with van der Waals surface area (Å²) in [6, 6.07) is 8.85. The van der Waals surface area contributed by atoms with Crippen molar-refractivity contribution in [3.63, 3.8) is 0 Å². The van der Waals surface area contributed by atoms with Gasteiger partial charge in [0.2, 0.25) is 5.88 Å². The number of fused-ring (bicyclic) bond motifs is 1. The molecule has 9 nitrogen and oxygen atoms in total. The first kappa shape index (κ1) is 18.7. The van der Waals surface area contributed by atoms with Crippen LogP contribution >= 0.6 is 0 Å². The molecule has 29 heavy (non-hydrogen) atoms. The summed E-state index contributed by atoms with van der Waals surface area (Å²) in [4.78, 5) is 31.1. The van der Waals surface area contributed by atoms with Crippen LogP contribution in [0.2, 0.25) is 0 Å². The highest BCUT2D eigenvalue weighted by Crippen LogP contribution is 2.35. The van der Waals surface area contributed by atoms with Gasteiger partial charge in [0.1, 0.15) is 17.5 Å². The molecule has 1 aliphatic heterocycles. The number of carbonyl (C=O) groups is 1. The highest BCUT2D eigenvalue weighted by atomic mass is 16.5. The van der Waals surface area contributed by atoms with Gasteiger partial charge in [0, 0.05) is 24.7 Å².